The molecule has 2 rings (SSSR count). The Balaban J connectivity index is 1.76. The summed E-state index contributed by atoms with van der Waals surface area (Å²) in [7, 11) is 0. The van der Waals surface area contributed by atoms with Crippen LogP contribution in [0.25, 0.3) is 0 Å². The average Bonchev–Trinajstić information content (AvgIpc) is 3.01. The Morgan fingerprint density at radius 3 is 2.71 bits per heavy atom. The molecule has 3 heteroatoms. The first-order valence-electron chi connectivity index (χ1n) is 7.88. The Morgan fingerprint density at radius 1 is 1.14 bits per heavy atom. The van der Waals surface area contributed by atoms with E-state index < -0.39 is 0 Å². The van der Waals surface area contributed by atoms with Gasteiger partial charge in [0.25, 0.3) is 0 Å². The fourth-order valence-corrected chi connectivity index (χ4v) is 2.50. The lowest BCUT2D eigenvalue weighted by Crippen LogP contribution is -2.17. The highest BCUT2D eigenvalue weighted by Crippen LogP contribution is 2.26. The lowest BCUT2D eigenvalue weighted by atomic mass is 9.93. The summed E-state index contributed by atoms with van der Waals surface area (Å²) in [6.45, 7) is 6.43. The summed E-state index contributed by atoms with van der Waals surface area (Å²) in [5, 5.41) is 3.50. The number of rotatable bonds is 9. The van der Waals surface area contributed by atoms with Crippen molar-refractivity contribution < 1.29 is 4.42 Å². The van der Waals surface area contributed by atoms with Gasteiger partial charge in [0.1, 0.15) is 5.76 Å². The normalized spacial score (nSPS) is 12.7. The maximum Gasteiger partial charge on any atom is 0.106 e. The third-order valence-corrected chi connectivity index (χ3v) is 3.76. The second-order valence-corrected chi connectivity index (χ2v) is 6.01. The minimum absolute atomic E-state index is 0.517. The number of nitrogens with one attached hydrogen (secondary N) is 1. The van der Waals surface area contributed by atoms with Crippen LogP contribution < -0.4 is 5.32 Å². The van der Waals surface area contributed by atoms with Gasteiger partial charge in [-0.1, -0.05) is 26.3 Å². The lowest BCUT2D eigenvalue weighted by molar-refractivity contribution is 0.397. The maximum atomic E-state index is 5.61. The van der Waals surface area contributed by atoms with Gasteiger partial charge in [0.05, 0.1) is 6.26 Å². The number of nitrogens with zero attached hydrogens (tertiary/aromatic N) is 1. The molecule has 2 aromatic heterocycles. The molecule has 0 aliphatic rings. The molecule has 1 N–H and O–H groups in total. The average molecular weight is 286 g/mol. The fraction of sp³-hybridized carbons (Fsp3) is 0.500. The molecule has 0 bridgehead atoms. The highest BCUT2D eigenvalue weighted by atomic mass is 16.3. The summed E-state index contributed by atoms with van der Waals surface area (Å²) in [5.41, 5.74) is 1.23. The first-order chi connectivity index (χ1) is 10.3. The molecule has 0 spiro atoms. The van der Waals surface area contributed by atoms with E-state index in [0.717, 1.165) is 31.2 Å². The third kappa shape index (κ3) is 5.72. The van der Waals surface area contributed by atoms with Gasteiger partial charge in [-0.3, -0.25) is 4.98 Å². The molecule has 1 atom stereocenters. The van der Waals surface area contributed by atoms with E-state index in [0.29, 0.717) is 5.92 Å². The molecule has 0 saturated carbocycles. The van der Waals surface area contributed by atoms with Gasteiger partial charge in [-0.15, -0.1) is 0 Å². The maximum absolute atomic E-state index is 5.61. The Labute approximate surface area is 127 Å². The standard InChI is InChI=1S/C18H26N2O/c1-15(2)7-8-17(18-6-4-12-21-18)9-11-20-14-16-5-3-10-19-13-16/h3-6,10,12-13,15,17,20H,7-9,11,14H2,1-2H3/t17-/m1/s1. The number of furan rings is 1. The molecule has 0 aliphatic carbocycles. The van der Waals surface area contributed by atoms with Crippen molar-refractivity contribution in [3.05, 3.63) is 54.2 Å². The molecule has 0 aromatic carbocycles. The molecule has 0 amide bonds. The van der Waals surface area contributed by atoms with Gasteiger partial charge in [-0.25, -0.2) is 0 Å². The van der Waals surface area contributed by atoms with E-state index in [4.69, 9.17) is 4.42 Å². The lowest BCUT2D eigenvalue weighted by Gasteiger charge is -2.16. The van der Waals surface area contributed by atoms with Gasteiger partial charge < -0.3 is 9.73 Å². The number of pyridine rings is 1. The van der Waals surface area contributed by atoms with Crippen LogP contribution >= 0.6 is 0 Å². The fourth-order valence-electron chi connectivity index (χ4n) is 2.50. The zero-order chi connectivity index (χ0) is 14.9. The van der Waals surface area contributed by atoms with Crippen LogP contribution in [0.15, 0.2) is 47.3 Å². The van der Waals surface area contributed by atoms with Crippen molar-refractivity contribution in [1.29, 1.82) is 0 Å². The topological polar surface area (TPSA) is 38.1 Å². The van der Waals surface area contributed by atoms with Crippen molar-refractivity contribution >= 4 is 0 Å². The van der Waals surface area contributed by atoms with E-state index in [1.165, 1.54) is 18.4 Å². The molecule has 0 saturated heterocycles. The third-order valence-electron chi connectivity index (χ3n) is 3.76. The minimum Gasteiger partial charge on any atom is -0.469 e. The number of hydrogen-bond donors (Lipinski definition) is 1. The smallest absolute Gasteiger partial charge is 0.106 e. The summed E-state index contributed by atoms with van der Waals surface area (Å²) < 4.78 is 5.61. The molecule has 2 aromatic rings. The van der Waals surface area contributed by atoms with Crippen molar-refractivity contribution in [3.8, 4) is 0 Å². The van der Waals surface area contributed by atoms with Gasteiger partial charge >= 0.3 is 0 Å². The summed E-state index contributed by atoms with van der Waals surface area (Å²) >= 11 is 0. The van der Waals surface area contributed by atoms with Gasteiger partial charge in [-0.2, -0.15) is 0 Å². The second kappa shape index (κ2) is 8.63. The summed E-state index contributed by atoms with van der Waals surface area (Å²) in [4.78, 5) is 4.13. The summed E-state index contributed by atoms with van der Waals surface area (Å²) in [6.07, 6.45) is 9.05. The summed E-state index contributed by atoms with van der Waals surface area (Å²) in [6, 6.07) is 8.17. The predicted molar refractivity (Wildman–Crippen MR) is 86.1 cm³/mol. The largest absolute Gasteiger partial charge is 0.469 e. The van der Waals surface area contributed by atoms with Crippen LogP contribution in [0.4, 0.5) is 0 Å². The molecule has 0 aliphatic heterocycles. The summed E-state index contributed by atoms with van der Waals surface area (Å²) in [5.74, 6) is 2.38. The number of aromatic nitrogens is 1. The van der Waals surface area contributed by atoms with Gasteiger partial charge in [0, 0.05) is 24.9 Å². The highest BCUT2D eigenvalue weighted by Gasteiger charge is 2.14. The van der Waals surface area contributed by atoms with Crippen LogP contribution in [0, 0.1) is 5.92 Å². The Kier molecular flexibility index (Phi) is 6.48. The van der Waals surface area contributed by atoms with E-state index in [1.807, 2.05) is 24.5 Å². The first kappa shape index (κ1) is 15.8. The number of hydrogen-bond acceptors (Lipinski definition) is 3. The molecule has 114 valence electrons. The van der Waals surface area contributed by atoms with Gasteiger partial charge in [0.15, 0.2) is 0 Å². The Bertz CT molecular complexity index is 479. The highest BCUT2D eigenvalue weighted by molar-refractivity contribution is 5.08. The van der Waals surface area contributed by atoms with Gasteiger partial charge in [-0.05, 0) is 49.1 Å². The molecule has 0 fully saturated rings. The van der Waals surface area contributed by atoms with Crippen LogP contribution in [0.3, 0.4) is 0 Å². The van der Waals surface area contributed by atoms with Crippen LogP contribution in [0.2, 0.25) is 0 Å². The molecule has 3 nitrogen and oxygen atoms in total. The van der Waals surface area contributed by atoms with Crippen LogP contribution in [0.1, 0.15) is 50.4 Å². The van der Waals surface area contributed by atoms with Crippen LogP contribution in [-0.4, -0.2) is 11.5 Å². The first-order valence-corrected chi connectivity index (χ1v) is 7.88. The van der Waals surface area contributed by atoms with E-state index >= 15 is 0 Å². The van der Waals surface area contributed by atoms with Crippen molar-refractivity contribution in [2.24, 2.45) is 5.92 Å². The van der Waals surface area contributed by atoms with Crippen LogP contribution in [-0.2, 0) is 6.54 Å². The molecular weight excluding hydrogens is 260 g/mol. The van der Waals surface area contributed by atoms with E-state index in [9.17, 15) is 0 Å². The minimum atomic E-state index is 0.517. The zero-order valence-corrected chi connectivity index (χ0v) is 13.1. The predicted octanol–water partition coefficient (Wildman–Crippen LogP) is 4.37. The molecule has 2 heterocycles. The van der Waals surface area contributed by atoms with Crippen molar-refractivity contribution in [1.82, 2.24) is 10.3 Å². The molecule has 21 heavy (non-hydrogen) atoms. The Morgan fingerprint density at radius 2 is 2.05 bits per heavy atom. The van der Waals surface area contributed by atoms with Crippen molar-refractivity contribution in [2.75, 3.05) is 6.54 Å². The van der Waals surface area contributed by atoms with Crippen molar-refractivity contribution in [3.63, 3.8) is 0 Å². The van der Waals surface area contributed by atoms with Gasteiger partial charge in [0.2, 0.25) is 0 Å². The molecule has 0 unspecified atom stereocenters. The Hall–Kier alpha value is -1.61. The molecule has 0 radical (unpaired) electrons. The van der Waals surface area contributed by atoms with E-state index in [2.05, 4.69) is 36.3 Å². The second-order valence-electron chi connectivity index (χ2n) is 6.01. The zero-order valence-electron chi connectivity index (χ0n) is 13.1. The molecular formula is C18H26N2O. The van der Waals surface area contributed by atoms with E-state index in [-0.39, 0.29) is 0 Å². The SMILES string of the molecule is CC(C)CC[C@H](CCNCc1cccnc1)c1ccco1. The monoisotopic (exact) mass is 286 g/mol. The van der Waals surface area contributed by atoms with Crippen LogP contribution in [0.5, 0.6) is 0 Å². The quantitative estimate of drug-likeness (QED) is 0.695. The van der Waals surface area contributed by atoms with Crippen molar-refractivity contribution in [2.45, 2.75) is 45.6 Å². The van der Waals surface area contributed by atoms with E-state index in [1.54, 1.807) is 6.26 Å².